The molecule has 0 amide bonds. The molecule has 0 aromatic carbocycles. The summed E-state index contributed by atoms with van der Waals surface area (Å²) in [5, 5.41) is 0. The molecule has 9 heavy (non-hydrogen) atoms. The van der Waals surface area contributed by atoms with Crippen molar-refractivity contribution in [1.82, 2.24) is 0 Å². The van der Waals surface area contributed by atoms with Crippen LogP contribution in [0, 0.1) is 0 Å². The van der Waals surface area contributed by atoms with Gasteiger partial charge in [-0.25, -0.2) is 0 Å². The molecule has 0 bridgehead atoms. The first-order chi connectivity index (χ1) is 4.33. The van der Waals surface area contributed by atoms with Gasteiger partial charge < -0.3 is 0 Å². The standard InChI is InChI=1S/C8H12S/c1-3-8-6-4-5-7(2)9-8/h5-6H,3-4H2,1-2H3. The molecule has 1 heterocycles. The fourth-order valence-corrected chi connectivity index (χ4v) is 1.78. The molecule has 1 heteroatoms. The molecule has 0 radical (unpaired) electrons. The molecule has 0 fully saturated rings. The first kappa shape index (κ1) is 6.94. The van der Waals surface area contributed by atoms with E-state index in [0.717, 1.165) is 6.42 Å². The van der Waals surface area contributed by atoms with E-state index in [1.54, 1.807) is 0 Å². The lowest BCUT2D eigenvalue weighted by molar-refractivity contribution is 1.16. The van der Waals surface area contributed by atoms with E-state index in [1.807, 2.05) is 11.8 Å². The van der Waals surface area contributed by atoms with E-state index < -0.39 is 0 Å². The molecule has 0 saturated heterocycles. The normalized spacial score (nSPS) is 18.9. The maximum atomic E-state index is 2.30. The van der Waals surface area contributed by atoms with Crippen molar-refractivity contribution in [3.8, 4) is 0 Å². The Morgan fingerprint density at radius 2 is 2.33 bits per heavy atom. The van der Waals surface area contributed by atoms with Crippen LogP contribution < -0.4 is 0 Å². The summed E-state index contributed by atoms with van der Waals surface area (Å²) in [7, 11) is 0. The Labute approximate surface area is 61.0 Å². The summed E-state index contributed by atoms with van der Waals surface area (Å²) in [5.74, 6) is 0. The molecule has 50 valence electrons. The maximum Gasteiger partial charge on any atom is -0.0145 e. The van der Waals surface area contributed by atoms with Crippen LogP contribution in [0.3, 0.4) is 0 Å². The Balaban J connectivity index is 2.51. The van der Waals surface area contributed by atoms with Crippen LogP contribution >= 0.6 is 11.8 Å². The van der Waals surface area contributed by atoms with E-state index in [-0.39, 0.29) is 0 Å². The molecular weight excluding hydrogens is 128 g/mol. The summed E-state index contributed by atoms with van der Waals surface area (Å²) in [6.45, 7) is 4.38. The third kappa shape index (κ3) is 1.90. The van der Waals surface area contributed by atoms with E-state index >= 15 is 0 Å². The summed E-state index contributed by atoms with van der Waals surface area (Å²) in [5.41, 5.74) is 0. The molecule has 0 unspecified atom stereocenters. The van der Waals surface area contributed by atoms with Crippen LogP contribution in [-0.4, -0.2) is 0 Å². The molecule has 0 aromatic rings. The molecule has 0 nitrogen and oxygen atoms in total. The highest BCUT2D eigenvalue weighted by molar-refractivity contribution is 8.06. The van der Waals surface area contributed by atoms with Crippen molar-refractivity contribution in [3.05, 3.63) is 22.0 Å². The Hall–Kier alpha value is -0.170. The van der Waals surface area contributed by atoms with Gasteiger partial charge in [0.05, 0.1) is 0 Å². The Morgan fingerprint density at radius 3 is 2.78 bits per heavy atom. The highest BCUT2D eigenvalue weighted by atomic mass is 32.2. The SMILES string of the molecule is CCC1=CCC=C(C)S1. The zero-order valence-electron chi connectivity index (χ0n) is 5.98. The average molecular weight is 140 g/mol. The predicted octanol–water partition coefficient (Wildman–Crippen LogP) is 3.32. The van der Waals surface area contributed by atoms with Crippen LogP contribution in [0.1, 0.15) is 26.7 Å². The quantitative estimate of drug-likeness (QED) is 0.538. The molecule has 1 aliphatic heterocycles. The maximum absolute atomic E-state index is 2.30. The summed E-state index contributed by atoms with van der Waals surface area (Å²) >= 11 is 1.91. The van der Waals surface area contributed by atoms with Crippen molar-refractivity contribution in [2.24, 2.45) is 0 Å². The summed E-state index contributed by atoms with van der Waals surface area (Å²) in [4.78, 5) is 2.98. The van der Waals surface area contributed by atoms with Crippen LogP contribution in [0.15, 0.2) is 22.0 Å². The predicted molar refractivity (Wildman–Crippen MR) is 44.3 cm³/mol. The van der Waals surface area contributed by atoms with Crippen molar-refractivity contribution in [3.63, 3.8) is 0 Å². The van der Waals surface area contributed by atoms with Crippen LogP contribution in [0.25, 0.3) is 0 Å². The number of rotatable bonds is 1. The third-order valence-corrected chi connectivity index (χ3v) is 2.60. The third-order valence-electron chi connectivity index (χ3n) is 1.39. The van der Waals surface area contributed by atoms with Gasteiger partial charge in [-0.15, -0.1) is 0 Å². The number of hydrogen-bond donors (Lipinski definition) is 0. The zero-order valence-corrected chi connectivity index (χ0v) is 6.79. The summed E-state index contributed by atoms with van der Waals surface area (Å²) in [6, 6.07) is 0. The van der Waals surface area contributed by atoms with Gasteiger partial charge in [-0.1, -0.05) is 30.8 Å². The lowest BCUT2D eigenvalue weighted by atomic mass is 10.3. The van der Waals surface area contributed by atoms with Crippen LogP contribution in [0.5, 0.6) is 0 Å². The van der Waals surface area contributed by atoms with Gasteiger partial charge in [0.25, 0.3) is 0 Å². The Morgan fingerprint density at radius 1 is 1.56 bits per heavy atom. The molecule has 0 N–H and O–H groups in total. The van der Waals surface area contributed by atoms with Crippen molar-refractivity contribution in [2.45, 2.75) is 26.7 Å². The summed E-state index contributed by atoms with van der Waals surface area (Å²) in [6.07, 6.45) is 6.90. The fraction of sp³-hybridized carbons (Fsp3) is 0.500. The van der Waals surface area contributed by atoms with Crippen molar-refractivity contribution in [1.29, 1.82) is 0 Å². The molecule has 0 atom stereocenters. The van der Waals surface area contributed by atoms with Crippen LogP contribution in [-0.2, 0) is 0 Å². The van der Waals surface area contributed by atoms with Gasteiger partial charge in [0.1, 0.15) is 0 Å². The first-order valence-electron chi connectivity index (χ1n) is 3.36. The Bertz CT molecular complexity index is 154. The largest absolute Gasteiger partial charge is 0.1000 e. The summed E-state index contributed by atoms with van der Waals surface area (Å²) < 4.78 is 0. The van der Waals surface area contributed by atoms with Crippen LogP contribution in [0.2, 0.25) is 0 Å². The van der Waals surface area contributed by atoms with Crippen molar-refractivity contribution >= 4 is 11.8 Å². The lowest BCUT2D eigenvalue weighted by Crippen LogP contribution is -1.80. The van der Waals surface area contributed by atoms with E-state index in [4.69, 9.17) is 0 Å². The molecule has 1 rings (SSSR count). The van der Waals surface area contributed by atoms with Gasteiger partial charge in [0, 0.05) is 0 Å². The minimum absolute atomic E-state index is 1.14. The number of allylic oxidation sites excluding steroid dienone is 4. The minimum atomic E-state index is 1.14. The lowest BCUT2D eigenvalue weighted by Gasteiger charge is -2.08. The second-order valence-corrected chi connectivity index (χ2v) is 3.55. The molecule has 0 aliphatic carbocycles. The molecule has 1 aliphatic rings. The highest BCUT2D eigenvalue weighted by Gasteiger charge is 2.00. The molecule has 0 saturated carbocycles. The highest BCUT2D eigenvalue weighted by Crippen LogP contribution is 2.31. The Kier molecular flexibility index (Phi) is 2.40. The number of hydrogen-bond acceptors (Lipinski definition) is 1. The van der Waals surface area contributed by atoms with Gasteiger partial charge in [-0.2, -0.15) is 0 Å². The topological polar surface area (TPSA) is 0 Å². The van der Waals surface area contributed by atoms with Gasteiger partial charge >= 0.3 is 0 Å². The van der Waals surface area contributed by atoms with Gasteiger partial charge in [-0.3, -0.25) is 0 Å². The molecular formula is C8H12S. The minimum Gasteiger partial charge on any atom is -0.1000 e. The van der Waals surface area contributed by atoms with E-state index in [9.17, 15) is 0 Å². The first-order valence-corrected chi connectivity index (χ1v) is 4.18. The zero-order chi connectivity index (χ0) is 6.69. The molecule has 0 aromatic heterocycles. The van der Waals surface area contributed by atoms with Crippen molar-refractivity contribution in [2.75, 3.05) is 0 Å². The van der Waals surface area contributed by atoms with E-state index in [1.165, 1.54) is 16.2 Å². The second-order valence-electron chi connectivity index (χ2n) is 2.18. The van der Waals surface area contributed by atoms with Crippen molar-refractivity contribution < 1.29 is 0 Å². The van der Waals surface area contributed by atoms with Gasteiger partial charge in [0.2, 0.25) is 0 Å². The number of thioether (sulfide) groups is 1. The van der Waals surface area contributed by atoms with Gasteiger partial charge in [-0.05, 0) is 29.6 Å². The van der Waals surface area contributed by atoms with E-state index in [2.05, 4.69) is 26.0 Å². The second kappa shape index (κ2) is 3.11. The van der Waals surface area contributed by atoms with Crippen LogP contribution in [0.4, 0.5) is 0 Å². The monoisotopic (exact) mass is 140 g/mol. The fourth-order valence-electron chi connectivity index (χ4n) is 0.863. The molecule has 0 spiro atoms. The smallest absolute Gasteiger partial charge is 0.0145 e. The van der Waals surface area contributed by atoms with Gasteiger partial charge in [0.15, 0.2) is 0 Å². The average Bonchev–Trinajstić information content (AvgIpc) is 1.88. The van der Waals surface area contributed by atoms with E-state index in [0.29, 0.717) is 0 Å².